The first-order valence-electron chi connectivity index (χ1n) is 7.27. The number of hydrogen-bond acceptors (Lipinski definition) is 2. The molecule has 2 heterocycles. The van der Waals surface area contributed by atoms with Gasteiger partial charge in [0.1, 0.15) is 0 Å². The van der Waals surface area contributed by atoms with Gasteiger partial charge in [-0.1, -0.05) is 26.2 Å². The minimum Gasteiger partial charge on any atom is -0.329 e. The Morgan fingerprint density at radius 3 is 3.05 bits per heavy atom. The molecule has 0 spiro atoms. The minimum absolute atomic E-state index is 0.522. The molecule has 1 aliphatic carbocycles. The van der Waals surface area contributed by atoms with Gasteiger partial charge < -0.3 is 4.98 Å². The van der Waals surface area contributed by atoms with Gasteiger partial charge in [0, 0.05) is 11.7 Å². The van der Waals surface area contributed by atoms with Gasteiger partial charge in [0.15, 0.2) is 10.4 Å². The minimum atomic E-state index is 0.522. The summed E-state index contributed by atoms with van der Waals surface area (Å²) in [5.41, 5.74) is 3.15. The quantitative estimate of drug-likeness (QED) is 0.816. The van der Waals surface area contributed by atoms with E-state index < -0.39 is 0 Å². The van der Waals surface area contributed by atoms with Crippen LogP contribution in [0.15, 0.2) is 12.1 Å². The van der Waals surface area contributed by atoms with Gasteiger partial charge >= 0.3 is 0 Å². The Balaban J connectivity index is 2.06. The third kappa shape index (κ3) is 2.34. The van der Waals surface area contributed by atoms with E-state index in [0.717, 1.165) is 27.5 Å². The first-order chi connectivity index (χ1) is 9.19. The van der Waals surface area contributed by atoms with Crippen LogP contribution in [0.25, 0.3) is 11.2 Å². The van der Waals surface area contributed by atoms with Crippen molar-refractivity contribution >= 4 is 23.4 Å². The highest BCUT2D eigenvalue weighted by Crippen LogP contribution is 2.35. The zero-order valence-electron chi connectivity index (χ0n) is 11.6. The van der Waals surface area contributed by atoms with Gasteiger partial charge in [0.05, 0.1) is 5.52 Å². The van der Waals surface area contributed by atoms with Crippen LogP contribution in [0, 0.1) is 17.6 Å². The molecule has 2 aromatic rings. The molecule has 0 aliphatic heterocycles. The molecule has 19 heavy (non-hydrogen) atoms. The van der Waals surface area contributed by atoms with Crippen LogP contribution in [0.2, 0.25) is 0 Å². The molecular weight excluding hydrogens is 254 g/mol. The zero-order valence-corrected chi connectivity index (χ0v) is 12.5. The second-order valence-electron chi connectivity index (χ2n) is 5.72. The number of aromatic nitrogens is 3. The van der Waals surface area contributed by atoms with E-state index in [0.29, 0.717) is 6.04 Å². The van der Waals surface area contributed by atoms with Crippen molar-refractivity contribution in [2.24, 2.45) is 5.92 Å². The largest absolute Gasteiger partial charge is 0.329 e. The van der Waals surface area contributed by atoms with E-state index in [4.69, 9.17) is 12.2 Å². The van der Waals surface area contributed by atoms with Crippen molar-refractivity contribution in [1.29, 1.82) is 0 Å². The fraction of sp³-hybridized carbons (Fsp3) is 0.600. The predicted molar refractivity (Wildman–Crippen MR) is 80.9 cm³/mol. The molecule has 3 rings (SSSR count). The molecule has 0 bridgehead atoms. The van der Waals surface area contributed by atoms with Gasteiger partial charge in [-0.05, 0) is 50.0 Å². The number of aryl methyl sites for hydroxylation is 1. The normalized spacial score (nSPS) is 23.9. The zero-order chi connectivity index (χ0) is 13.4. The number of rotatable bonds is 2. The van der Waals surface area contributed by atoms with Gasteiger partial charge in [0.2, 0.25) is 0 Å². The summed E-state index contributed by atoms with van der Waals surface area (Å²) in [5.74, 6) is 0.843. The topological polar surface area (TPSA) is 33.6 Å². The number of nitrogens with one attached hydrogen (secondary N) is 1. The second kappa shape index (κ2) is 5.08. The highest BCUT2D eigenvalue weighted by Gasteiger charge is 2.24. The third-order valence-electron chi connectivity index (χ3n) is 4.40. The Hall–Kier alpha value is -1.16. The fourth-order valence-electron chi connectivity index (χ4n) is 3.30. The summed E-state index contributed by atoms with van der Waals surface area (Å²) in [6.45, 7) is 4.33. The highest BCUT2D eigenvalue weighted by molar-refractivity contribution is 7.71. The van der Waals surface area contributed by atoms with Crippen molar-refractivity contribution in [3.05, 3.63) is 22.6 Å². The van der Waals surface area contributed by atoms with Crippen LogP contribution in [0.1, 0.15) is 50.8 Å². The molecule has 1 fully saturated rings. The summed E-state index contributed by atoms with van der Waals surface area (Å²) < 4.78 is 3.09. The number of nitrogens with zero attached hydrogens (tertiary/aromatic N) is 2. The van der Waals surface area contributed by atoms with Crippen molar-refractivity contribution in [3.8, 4) is 0 Å². The van der Waals surface area contributed by atoms with E-state index in [9.17, 15) is 0 Å². The maximum Gasteiger partial charge on any atom is 0.179 e. The molecule has 0 saturated heterocycles. The van der Waals surface area contributed by atoms with Crippen LogP contribution in [0.4, 0.5) is 0 Å². The van der Waals surface area contributed by atoms with Crippen LogP contribution in [0.5, 0.6) is 0 Å². The number of fused-ring (bicyclic) bond motifs is 1. The lowest BCUT2D eigenvalue weighted by Gasteiger charge is -2.29. The molecule has 2 atom stereocenters. The average Bonchev–Trinajstić information content (AvgIpc) is 2.74. The van der Waals surface area contributed by atoms with Crippen LogP contribution in [-0.4, -0.2) is 14.5 Å². The van der Waals surface area contributed by atoms with Crippen molar-refractivity contribution in [3.63, 3.8) is 0 Å². The van der Waals surface area contributed by atoms with Crippen LogP contribution < -0.4 is 0 Å². The van der Waals surface area contributed by atoms with Crippen molar-refractivity contribution in [2.75, 3.05) is 0 Å². The van der Waals surface area contributed by atoms with Gasteiger partial charge in [-0.15, -0.1) is 0 Å². The van der Waals surface area contributed by atoms with Crippen LogP contribution in [0.3, 0.4) is 0 Å². The fourth-order valence-corrected chi connectivity index (χ4v) is 3.65. The highest BCUT2D eigenvalue weighted by atomic mass is 32.1. The predicted octanol–water partition coefficient (Wildman–Crippen LogP) is 4.54. The summed E-state index contributed by atoms with van der Waals surface area (Å²) in [6.07, 6.45) is 6.43. The maximum atomic E-state index is 5.52. The molecule has 1 aliphatic rings. The Morgan fingerprint density at radius 2 is 2.26 bits per heavy atom. The lowest BCUT2D eigenvalue weighted by molar-refractivity contribution is 0.263. The van der Waals surface area contributed by atoms with Gasteiger partial charge in [-0.25, -0.2) is 4.98 Å². The summed E-state index contributed by atoms with van der Waals surface area (Å²) >= 11 is 5.52. The van der Waals surface area contributed by atoms with E-state index in [1.807, 2.05) is 13.0 Å². The van der Waals surface area contributed by atoms with E-state index in [2.05, 4.69) is 27.5 Å². The smallest absolute Gasteiger partial charge is 0.179 e. The molecule has 2 aromatic heterocycles. The average molecular weight is 275 g/mol. The van der Waals surface area contributed by atoms with Crippen LogP contribution in [-0.2, 0) is 0 Å². The molecular formula is C15H21N3S. The van der Waals surface area contributed by atoms with E-state index in [-0.39, 0.29) is 0 Å². The number of aromatic amines is 1. The Kier molecular flexibility index (Phi) is 3.44. The molecule has 0 amide bonds. The number of hydrogen-bond donors (Lipinski definition) is 1. The molecule has 0 radical (unpaired) electrons. The molecule has 3 nitrogen and oxygen atoms in total. The van der Waals surface area contributed by atoms with Crippen LogP contribution >= 0.6 is 12.2 Å². The number of H-pyrrole nitrogens is 1. The maximum absolute atomic E-state index is 5.52. The number of imidazole rings is 1. The molecule has 102 valence electrons. The van der Waals surface area contributed by atoms with Gasteiger partial charge in [0.25, 0.3) is 0 Å². The molecule has 1 N–H and O–H groups in total. The van der Waals surface area contributed by atoms with Gasteiger partial charge in [-0.3, -0.25) is 4.57 Å². The first-order valence-corrected chi connectivity index (χ1v) is 7.67. The Labute approximate surface area is 119 Å². The SMILES string of the molecule is CCC1CCCC(n2c(=S)[nH]c3ccc(C)nc32)C1. The first kappa shape index (κ1) is 12.9. The monoisotopic (exact) mass is 275 g/mol. The van der Waals surface area contributed by atoms with Crippen molar-refractivity contribution in [2.45, 2.75) is 52.0 Å². The lowest BCUT2D eigenvalue weighted by atomic mass is 9.84. The number of pyridine rings is 1. The lowest BCUT2D eigenvalue weighted by Crippen LogP contribution is -2.19. The standard InChI is InChI=1S/C15H21N3S/c1-3-11-5-4-6-12(9-11)18-14-13(17-15(18)19)8-7-10(2)16-14/h7-8,11-12H,3-6,9H2,1-2H3,(H,17,19). The van der Waals surface area contributed by atoms with E-state index in [1.54, 1.807) is 0 Å². The summed E-state index contributed by atoms with van der Waals surface area (Å²) in [4.78, 5) is 7.99. The molecule has 2 unspecified atom stereocenters. The van der Waals surface area contributed by atoms with E-state index >= 15 is 0 Å². The Bertz CT molecular complexity index is 640. The Morgan fingerprint density at radius 1 is 1.42 bits per heavy atom. The molecule has 0 aromatic carbocycles. The van der Waals surface area contributed by atoms with Crippen molar-refractivity contribution in [1.82, 2.24) is 14.5 Å². The molecule has 1 saturated carbocycles. The second-order valence-corrected chi connectivity index (χ2v) is 6.11. The molecule has 4 heteroatoms. The van der Waals surface area contributed by atoms with Crippen molar-refractivity contribution < 1.29 is 0 Å². The van der Waals surface area contributed by atoms with E-state index in [1.165, 1.54) is 32.1 Å². The summed E-state index contributed by atoms with van der Waals surface area (Å²) in [7, 11) is 0. The summed E-state index contributed by atoms with van der Waals surface area (Å²) in [6, 6.07) is 4.65. The summed E-state index contributed by atoms with van der Waals surface area (Å²) in [5, 5.41) is 0. The third-order valence-corrected chi connectivity index (χ3v) is 4.70. The van der Waals surface area contributed by atoms with Gasteiger partial charge in [-0.2, -0.15) is 0 Å².